The van der Waals surface area contributed by atoms with Gasteiger partial charge in [0.15, 0.2) is 0 Å². The lowest BCUT2D eigenvalue weighted by Crippen LogP contribution is -2.24. The van der Waals surface area contributed by atoms with Crippen molar-refractivity contribution < 1.29 is 9.53 Å². The van der Waals surface area contributed by atoms with Gasteiger partial charge >= 0.3 is 6.09 Å². The molecule has 0 saturated heterocycles. The molecule has 0 aliphatic heterocycles. The van der Waals surface area contributed by atoms with E-state index in [1.807, 2.05) is 6.08 Å². The predicted molar refractivity (Wildman–Crippen MR) is 118 cm³/mol. The standard InChI is InChI=1S/C24H39NO2/c1-7-18-25-24(26)27-19-17-23(6)16-10-15-22(5)14-9-13-21(4)12-8-11-20(2)3/h7,11,13,15,17H,1,8-10,12,14,16,18-19H2,2-6H3,(H,25,26). The first-order valence-corrected chi connectivity index (χ1v) is 9.97. The summed E-state index contributed by atoms with van der Waals surface area (Å²) in [5.41, 5.74) is 5.56. The molecule has 0 aliphatic rings. The van der Waals surface area contributed by atoms with Gasteiger partial charge in [-0.25, -0.2) is 4.79 Å². The Morgan fingerprint density at radius 2 is 1.30 bits per heavy atom. The van der Waals surface area contributed by atoms with Crippen molar-refractivity contribution in [1.82, 2.24) is 5.32 Å². The van der Waals surface area contributed by atoms with Gasteiger partial charge in [0.1, 0.15) is 6.61 Å². The average Bonchev–Trinajstić information content (AvgIpc) is 2.59. The Morgan fingerprint density at radius 3 is 1.78 bits per heavy atom. The molecule has 0 bridgehead atoms. The zero-order valence-corrected chi connectivity index (χ0v) is 18.1. The van der Waals surface area contributed by atoms with Gasteiger partial charge in [0.25, 0.3) is 0 Å². The van der Waals surface area contributed by atoms with Crippen molar-refractivity contribution in [3.8, 4) is 0 Å². The van der Waals surface area contributed by atoms with Crippen LogP contribution in [0.4, 0.5) is 4.79 Å². The normalized spacial score (nSPS) is 12.6. The van der Waals surface area contributed by atoms with E-state index >= 15 is 0 Å². The Labute approximate surface area is 167 Å². The molecular weight excluding hydrogens is 334 g/mol. The third-order valence-electron chi connectivity index (χ3n) is 4.19. The van der Waals surface area contributed by atoms with Crippen LogP contribution in [0.3, 0.4) is 0 Å². The summed E-state index contributed by atoms with van der Waals surface area (Å²) in [5, 5.41) is 2.58. The Kier molecular flexibility index (Phi) is 15.0. The van der Waals surface area contributed by atoms with Gasteiger partial charge in [-0.15, -0.1) is 6.58 Å². The second kappa shape index (κ2) is 16.2. The van der Waals surface area contributed by atoms with E-state index in [-0.39, 0.29) is 0 Å². The summed E-state index contributed by atoms with van der Waals surface area (Å²) in [7, 11) is 0. The maximum atomic E-state index is 11.3. The number of carbonyl (C=O) groups excluding carboxylic acids is 1. The molecule has 0 radical (unpaired) electrons. The molecule has 3 nitrogen and oxygen atoms in total. The minimum absolute atomic E-state index is 0.314. The molecule has 1 amide bonds. The molecule has 0 spiro atoms. The molecule has 0 aromatic heterocycles. The van der Waals surface area contributed by atoms with Gasteiger partial charge in [0.05, 0.1) is 0 Å². The fraction of sp³-hybridized carbons (Fsp3) is 0.542. The van der Waals surface area contributed by atoms with Crippen molar-refractivity contribution in [3.05, 3.63) is 59.3 Å². The van der Waals surface area contributed by atoms with E-state index < -0.39 is 6.09 Å². The van der Waals surface area contributed by atoms with Crippen LogP contribution in [0.5, 0.6) is 0 Å². The maximum absolute atomic E-state index is 11.3. The van der Waals surface area contributed by atoms with Gasteiger partial charge in [0.2, 0.25) is 0 Å². The van der Waals surface area contributed by atoms with E-state index in [1.54, 1.807) is 6.08 Å². The van der Waals surface area contributed by atoms with E-state index in [1.165, 1.54) is 22.3 Å². The summed E-state index contributed by atoms with van der Waals surface area (Å²) >= 11 is 0. The number of ether oxygens (including phenoxy) is 1. The minimum Gasteiger partial charge on any atom is -0.445 e. The molecule has 152 valence electrons. The summed E-state index contributed by atoms with van der Waals surface area (Å²) < 4.78 is 5.06. The Bertz CT molecular complexity index is 561. The van der Waals surface area contributed by atoms with Crippen LogP contribution in [-0.2, 0) is 4.74 Å². The van der Waals surface area contributed by atoms with Crippen LogP contribution in [0.2, 0.25) is 0 Å². The highest BCUT2D eigenvalue weighted by Crippen LogP contribution is 2.13. The monoisotopic (exact) mass is 373 g/mol. The molecule has 1 N–H and O–H groups in total. The molecule has 0 aliphatic carbocycles. The van der Waals surface area contributed by atoms with Crippen LogP contribution in [0.1, 0.15) is 73.1 Å². The zero-order valence-electron chi connectivity index (χ0n) is 18.1. The SMILES string of the molecule is C=CCNC(=O)OCC=C(C)CCC=C(C)CCC=C(C)CCC=C(C)C. The Balaban J connectivity index is 4.00. The summed E-state index contributed by atoms with van der Waals surface area (Å²) in [6.07, 6.45) is 16.7. The van der Waals surface area contributed by atoms with E-state index in [9.17, 15) is 4.79 Å². The number of hydrogen-bond donors (Lipinski definition) is 1. The van der Waals surface area contributed by atoms with Gasteiger partial charge < -0.3 is 10.1 Å². The van der Waals surface area contributed by atoms with E-state index in [2.05, 4.69) is 64.7 Å². The summed E-state index contributed by atoms with van der Waals surface area (Å²) in [5.74, 6) is 0. The van der Waals surface area contributed by atoms with Gasteiger partial charge in [-0.05, 0) is 79.2 Å². The predicted octanol–water partition coefficient (Wildman–Crippen LogP) is 7.04. The number of rotatable bonds is 13. The van der Waals surface area contributed by atoms with Crippen molar-refractivity contribution in [1.29, 1.82) is 0 Å². The van der Waals surface area contributed by atoms with Crippen LogP contribution in [0.25, 0.3) is 0 Å². The van der Waals surface area contributed by atoms with Gasteiger partial charge in [-0.3, -0.25) is 0 Å². The molecular formula is C24H39NO2. The largest absolute Gasteiger partial charge is 0.445 e. The number of hydrogen-bond acceptors (Lipinski definition) is 2. The smallest absolute Gasteiger partial charge is 0.407 e. The molecule has 27 heavy (non-hydrogen) atoms. The fourth-order valence-corrected chi connectivity index (χ4v) is 2.45. The molecule has 0 aromatic rings. The molecule has 0 heterocycles. The number of nitrogens with one attached hydrogen (secondary N) is 1. The van der Waals surface area contributed by atoms with E-state index in [4.69, 9.17) is 4.74 Å². The van der Waals surface area contributed by atoms with Crippen molar-refractivity contribution in [2.45, 2.75) is 73.1 Å². The van der Waals surface area contributed by atoms with Gasteiger partial charge in [-0.1, -0.05) is 46.6 Å². The maximum Gasteiger partial charge on any atom is 0.407 e. The van der Waals surface area contributed by atoms with Crippen molar-refractivity contribution in [2.75, 3.05) is 13.2 Å². The minimum atomic E-state index is -0.404. The number of carbonyl (C=O) groups is 1. The molecule has 3 heteroatoms. The van der Waals surface area contributed by atoms with Crippen LogP contribution in [-0.4, -0.2) is 19.2 Å². The second-order valence-electron chi connectivity index (χ2n) is 7.32. The average molecular weight is 374 g/mol. The van der Waals surface area contributed by atoms with Crippen LogP contribution >= 0.6 is 0 Å². The van der Waals surface area contributed by atoms with E-state index in [0.717, 1.165) is 38.5 Å². The molecule has 0 aromatic carbocycles. The topological polar surface area (TPSA) is 38.3 Å². The molecule has 0 fully saturated rings. The summed E-state index contributed by atoms with van der Waals surface area (Å²) in [4.78, 5) is 11.3. The van der Waals surface area contributed by atoms with Gasteiger partial charge in [0, 0.05) is 6.54 Å². The lowest BCUT2D eigenvalue weighted by atomic mass is 10.0. The first-order valence-electron chi connectivity index (χ1n) is 9.97. The second-order valence-corrected chi connectivity index (χ2v) is 7.32. The first kappa shape index (κ1) is 25.0. The summed E-state index contributed by atoms with van der Waals surface area (Å²) in [6, 6.07) is 0. The lowest BCUT2D eigenvalue weighted by Gasteiger charge is -2.04. The molecule has 0 unspecified atom stereocenters. The number of amides is 1. The highest BCUT2D eigenvalue weighted by Gasteiger charge is 1.98. The lowest BCUT2D eigenvalue weighted by molar-refractivity contribution is 0.159. The number of alkyl carbamates (subject to hydrolysis) is 1. The quantitative estimate of drug-likeness (QED) is 0.351. The fourth-order valence-electron chi connectivity index (χ4n) is 2.45. The number of allylic oxidation sites excluding steroid dienone is 7. The Hall–Kier alpha value is -2.03. The van der Waals surface area contributed by atoms with Crippen molar-refractivity contribution in [3.63, 3.8) is 0 Å². The molecule has 0 rings (SSSR count). The van der Waals surface area contributed by atoms with Crippen LogP contribution < -0.4 is 5.32 Å². The third kappa shape index (κ3) is 17.2. The van der Waals surface area contributed by atoms with Gasteiger partial charge in [-0.2, -0.15) is 0 Å². The zero-order chi connectivity index (χ0) is 20.5. The Morgan fingerprint density at radius 1 is 0.815 bits per heavy atom. The molecule has 0 atom stereocenters. The third-order valence-corrected chi connectivity index (χ3v) is 4.19. The van der Waals surface area contributed by atoms with E-state index in [0.29, 0.717) is 13.2 Å². The van der Waals surface area contributed by atoms with Crippen LogP contribution in [0.15, 0.2) is 59.3 Å². The highest BCUT2D eigenvalue weighted by molar-refractivity contribution is 5.67. The first-order chi connectivity index (χ1) is 12.8. The van der Waals surface area contributed by atoms with Crippen molar-refractivity contribution >= 4 is 6.09 Å². The van der Waals surface area contributed by atoms with Crippen LogP contribution in [0, 0.1) is 0 Å². The highest BCUT2D eigenvalue weighted by atomic mass is 16.5. The summed E-state index contributed by atoms with van der Waals surface area (Å²) in [6.45, 7) is 15.1. The van der Waals surface area contributed by atoms with Crippen molar-refractivity contribution in [2.24, 2.45) is 0 Å². The molecule has 0 saturated carbocycles.